The van der Waals surface area contributed by atoms with E-state index in [0.29, 0.717) is 11.1 Å². The van der Waals surface area contributed by atoms with Gasteiger partial charge in [0.1, 0.15) is 5.52 Å². The maximum atomic E-state index is 11.4. The van der Waals surface area contributed by atoms with E-state index in [1.165, 1.54) is 0 Å². The summed E-state index contributed by atoms with van der Waals surface area (Å²) in [4.78, 5) is 19.3. The molecule has 3 N–H and O–H groups in total. The molecule has 0 amide bonds. The number of oxime groups is 1. The van der Waals surface area contributed by atoms with Gasteiger partial charge >= 0.3 is 17.3 Å². The summed E-state index contributed by atoms with van der Waals surface area (Å²) in [6.45, 7) is 0. The van der Waals surface area contributed by atoms with Crippen LogP contribution < -0.4 is 5.90 Å². The number of hydrogen-bond donors (Lipinski definition) is 2. The number of oxazole rings is 1. The fourth-order valence-corrected chi connectivity index (χ4v) is 1.40. The van der Waals surface area contributed by atoms with E-state index in [-0.39, 0.29) is 5.89 Å². The summed E-state index contributed by atoms with van der Waals surface area (Å²) in [6, 6.07) is 6.67. The third-order valence-electron chi connectivity index (χ3n) is 1.99. The van der Waals surface area contributed by atoms with Crippen LogP contribution in [0.25, 0.3) is 11.1 Å². The minimum atomic E-state index is -2.70. The number of nitrogens with zero attached hydrogens (tertiary/aromatic N) is 2. The zero-order valence-corrected chi connectivity index (χ0v) is 9.99. The molecular weight excluding hydrogens is 278 g/mol. The largest absolute Gasteiger partial charge is 0.434 e. The van der Waals surface area contributed by atoms with E-state index in [9.17, 15) is 9.00 Å². The second-order valence-electron chi connectivity index (χ2n) is 3.12. The molecule has 0 aliphatic rings. The molecular formula is C9H7N3O6S. The van der Waals surface area contributed by atoms with Gasteiger partial charge in [-0.3, -0.25) is 8.84 Å². The monoisotopic (exact) mass is 285 g/mol. The first-order valence-corrected chi connectivity index (χ1v) is 5.78. The molecule has 10 heteroatoms. The van der Waals surface area contributed by atoms with Crippen LogP contribution in [0.1, 0.15) is 5.89 Å². The molecule has 0 saturated heterocycles. The third kappa shape index (κ3) is 2.93. The van der Waals surface area contributed by atoms with Gasteiger partial charge in [-0.25, -0.2) is 9.78 Å². The predicted molar refractivity (Wildman–Crippen MR) is 62.7 cm³/mol. The van der Waals surface area contributed by atoms with Gasteiger partial charge in [-0.1, -0.05) is 17.3 Å². The topological polar surface area (TPSA) is 137 Å². The van der Waals surface area contributed by atoms with Crippen molar-refractivity contribution < 1.29 is 27.1 Å². The molecule has 2 aromatic rings. The number of para-hydroxylation sites is 2. The van der Waals surface area contributed by atoms with E-state index < -0.39 is 23.0 Å². The molecule has 1 aromatic heterocycles. The zero-order valence-electron chi connectivity index (χ0n) is 9.18. The Morgan fingerprint density at radius 1 is 1.47 bits per heavy atom. The van der Waals surface area contributed by atoms with E-state index in [2.05, 4.69) is 19.3 Å². The lowest BCUT2D eigenvalue weighted by Gasteiger charge is -1.97. The van der Waals surface area contributed by atoms with Gasteiger partial charge < -0.3 is 9.25 Å². The first kappa shape index (κ1) is 13.1. The Hall–Kier alpha value is -2.30. The summed E-state index contributed by atoms with van der Waals surface area (Å²) < 4.78 is 28.1. The highest BCUT2D eigenvalue weighted by Crippen LogP contribution is 2.15. The van der Waals surface area contributed by atoms with Crippen molar-refractivity contribution in [1.82, 2.24) is 4.98 Å². The number of aromatic nitrogens is 1. The number of fused-ring (bicyclic) bond motifs is 1. The Labute approximate surface area is 108 Å². The van der Waals surface area contributed by atoms with Crippen LogP contribution in [0.3, 0.4) is 0 Å². The minimum Gasteiger partial charge on any atom is -0.434 e. The van der Waals surface area contributed by atoms with Crippen LogP contribution in [-0.2, 0) is 25.3 Å². The first-order chi connectivity index (χ1) is 9.11. The van der Waals surface area contributed by atoms with E-state index in [0.717, 1.165) is 0 Å². The van der Waals surface area contributed by atoms with E-state index in [1.54, 1.807) is 24.3 Å². The van der Waals surface area contributed by atoms with Crippen LogP contribution >= 0.6 is 0 Å². The molecule has 0 bridgehead atoms. The average Bonchev–Trinajstić information content (AvgIpc) is 2.81. The summed E-state index contributed by atoms with van der Waals surface area (Å²) in [5.41, 5.74) is 0.279. The van der Waals surface area contributed by atoms with Gasteiger partial charge in [-0.2, -0.15) is 10.1 Å². The fraction of sp³-hybridized carbons (Fsp3) is 0. The van der Waals surface area contributed by atoms with Gasteiger partial charge in [0.2, 0.25) is 0 Å². The lowest BCUT2D eigenvalue weighted by atomic mass is 10.3. The Morgan fingerprint density at radius 3 is 2.84 bits per heavy atom. The van der Waals surface area contributed by atoms with Crippen molar-refractivity contribution in [3.63, 3.8) is 0 Å². The standard InChI is InChI=1S/C9H7N3O6S/c10-17-9(13)7(12-18-19(14)15)8-11-5-3-1-2-4-6(5)16-8/h1-4H,10H2,(H,14,15)/b12-7-. The molecule has 0 spiro atoms. The van der Waals surface area contributed by atoms with Crippen LogP contribution in [0.5, 0.6) is 0 Å². The van der Waals surface area contributed by atoms with Crippen LogP contribution in [0.2, 0.25) is 0 Å². The molecule has 0 saturated carbocycles. The minimum absolute atomic E-state index is 0.248. The number of benzene rings is 1. The molecule has 1 atom stereocenters. The summed E-state index contributed by atoms with van der Waals surface area (Å²) in [7, 11) is 0. The van der Waals surface area contributed by atoms with E-state index >= 15 is 0 Å². The van der Waals surface area contributed by atoms with Crippen molar-refractivity contribution in [2.24, 2.45) is 11.1 Å². The lowest BCUT2D eigenvalue weighted by Crippen LogP contribution is -2.22. The maximum absolute atomic E-state index is 11.4. The second kappa shape index (κ2) is 5.56. The van der Waals surface area contributed by atoms with Crippen molar-refractivity contribution in [3.8, 4) is 0 Å². The van der Waals surface area contributed by atoms with Crippen molar-refractivity contribution >= 4 is 34.1 Å². The molecule has 0 radical (unpaired) electrons. The average molecular weight is 285 g/mol. The summed E-state index contributed by atoms with van der Waals surface area (Å²) in [6.07, 6.45) is 0. The molecule has 0 aliphatic carbocycles. The van der Waals surface area contributed by atoms with Gasteiger partial charge in [-0.15, -0.1) is 0 Å². The van der Waals surface area contributed by atoms with Crippen LogP contribution in [0.15, 0.2) is 33.8 Å². The highest BCUT2D eigenvalue weighted by atomic mass is 32.2. The highest BCUT2D eigenvalue weighted by molar-refractivity contribution is 7.74. The van der Waals surface area contributed by atoms with Crippen molar-refractivity contribution in [2.45, 2.75) is 0 Å². The Balaban J connectivity index is 2.45. The number of rotatable bonds is 4. The maximum Gasteiger partial charge on any atom is 0.384 e. The lowest BCUT2D eigenvalue weighted by molar-refractivity contribution is -0.136. The SMILES string of the molecule is NOC(=O)/C(=N\OS(=O)O)c1nc2ccccc2o1. The summed E-state index contributed by atoms with van der Waals surface area (Å²) >= 11 is -2.70. The third-order valence-corrected chi connectivity index (χ3v) is 2.19. The van der Waals surface area contributed by atoms with Gasteiger partial charge in [0.05, 0.1) is 0 Å². The summed E-state index contributed by atoms with van der Waals surface area (Å²) in [5.74, 6) is 3.34. The molecule has 100 valence electrons. The van der Waals surface area contributed by atoms with Crippen LogP contribution in [0, 0.1) is 0 Å². The Morgan fingerprint density at radius 2 is 2.21 bits per heavy atom. The molecule has 0 fully saturated rings. The number of hydrogen-bond acceptors (Lipinski definition) is 8. The quantitative estimate of drug-likeness (QED) is 0.458. The van der Waals surface area contributed by atoms with Gasteiger partial charge in [0, 0.05) is 0 Å². The fourth-order valence-electron chi connectivity index (χ4n) is 1.26. The van der Waals surface area contributed by atoms with Crippen molar-refractivity contribution in [3.05, 3.63) is 30.2 Å². The number of carbonyl (C=O) groups is 1. The molecule has 2 rings (SSSR count). The highest BCUT2D eigenvalue weighted by Gasteiger charge is 2.23. The number of nitrogens with two attached hydrogens (primary N) is 1. The molecule has 19 heavy (non-hydrogen) atoms. The number of carbonyl (C=O) groups excluding carboxylic acids is 1. The van der Waals surface area contributed by atoms with Crippen LogP contribution in [-0.4, -0.2) is 25.4 Å². The normalized spacial score (nSPS) is 13.3. The Bertz CT molecular complexity index is 634. The Kier molecular flexibility index (Phi) is 3.85. The van der Waals surface area contributed by atoms with Gasteiger partial charge in [0.25, 0.3) is 11.6 Å². The van der Waals surface area contributed by atoms with Gasteiger partial charge in [0.15, 0.2) is 5.58 Å². The smallest absolute Gasteiger partial charge is 0.384 e. The summed E-state index contributed by atoms with van der Waals surface area (Å²) in [5, 5.41) is 3.12. The van der Waals surface area contributed by atoms with Gasteiger partial charge in [-0.05, 0) is 12.1 Å². The second-order valence-corrected chi connectivity index (χ2v) is 3.71. The van der Waals surface area contributed by atoms with E-state index in [1.807, 2.05) is 0 Å². The zero-order chi connectivity index (χ0) is 13.8. The molecule has 1 unspecified atom stereocenters. The first-order valence-electron chi connectivity index (χ1n) is 4.75. The molecule has 0 aliphatic heterocycles. The van der Waals surface area contributed by atoms with Crippen LogP contribution in [0.4, 0.5) is 0 Å². The van der Waals surface area contributed by atoms with E-state index in [4.69, 9.17) is 14.9 Å². The van der Waals surface area contributed by atoms with Crippen molar-refractivity contribution in [1.29, 1.82) is 0 Å². The molecule has 1 heterocycles. The molecule has 9 nitrogen and oxygen atoms in total. The predicted octanol–water partition coefficient (Wildman–Crippen LogP) is 0.102. The van der Waals surface area contributed by atoms with Crippen molar-refractivity contribution in [2.75, 3.05) is 0 Å². The molecule has 1 aromatic carbocycles.